The zero-order valence-corrected chi connectivity index (χ0v) is 13.4. The highest BCUT2D eigenvalue weighted by Crippen LogP contribution is 2.50. The highest BCUT2D eigenvalue weighted by Gasteiger charge is 2.55. The molecule has 1 aromatic rings. The molecule has 120 valence electrons. The minimum Gasteiger partial charge on any atom is -0.338 e. The third kappa shape index (κ3) is 2.53. The van der Waals surface area contributed by atoms with Gasteiger partial charge in [-0.2, -0.15) is 0 Å². The Morgan fingerprint density at radius 2 is 2.05 bits per heavy atom. The second-order valence-electron chi connectivity index (χ2n) is 6.21. The molecule has 1 aliphatic carbocycles. The van der Waals surface area contributed by atoms with Gasteiger partial charge in [0.2, 0.25) is 5.91 Å². The summed E-state index contributed by atoms with van der Waals surface area (Å²) in [6.45, 7) is 2.30. The van der Waals surface area contributed by atoms with Crippen LogP contribution in [0.15, 0.2) is 24.3 Å². The van der Waals surface area contributed by atoms with Crippen LogP contribution in [0.3, 0.4) is 0 Å². The standard InChI is InChI=1S/C16H20FNO3S/c1-2-18(12-7-10-22(20,21)11-12)15(19)16(8-9-16)13-5-3-4-6-14(13)17/h3-6,12H,2,7-11H2,1H3. The molecule has 1 amide bonds. The molecule has 1 aliphatic heterocycles. The Morgan fingerprint density at radius 1 is 1.36 bits per heavy atom. The number of amides is 1. The van der Waals surface area contributed by atoms with Crippen molar-refractivity contribution in [3.8, 4) is 0 Å². The molecular formula is C16H20FNO3S. The fourth-order valence-electron chi connectivity index (χ4n) is 3.44. The molecule has 1 unspecified atom stereocenters. The molecular weight excluding hydrogens is 305 g/mol. The number of likely N-dealkylation sites (N-methyl/N-ethyl adjacent to an activating group) is 1. The van der Waals surface area contributed by atoms with Crippen molar-refractivity contribution in [3.05, 3.63) is 35.6 Å². The van der Waals surface area contributed by atoms with Crippen LogP contribution in [0.5, 0.6) is 0 Å². The Labute approximate surface area is 130 Å². The lowest BCUT2D eigenvalue weighted by Crippen LogP contribution is -2.46. The minimum absolute atomic E-state index is 0.0277. The highest BCUT2D eigenvalue weighted by atomic mass is 32.2. The number of benzene rings is 1. The first kappa shape index (κ1) is 15.5. The van der Waals surface area contributed by atoms with Gasteiger partial charge in [0.15, 0.2) is 9.84 Å². The van der Waals surface area contributed by atoms with Crippen molar-refractivity contribution >= 4 is 15.7 Å². The predicted molar refractivity (Wildman–Crippen MR) is 81.8 cm³/mol. The molecule has 1 aromatic carbocycles. The monoisotopic (exact) mass is 325 g/mol. The van der Waals surface area contributed by atoms with Crippen molar-refractivity contribution in [1.29, 1.82) is 0 Å². The first-order valence-electron chi connectivity index (χ1n) is 7.66. The maximum absolute atomic E-state index is 14.1. The summed E-state index contributed by atoms with van der Waals surface area (Å²) in [5, 5.41) is 0. The summed E-state index contributed by atoms with van der Waals surface area (Å²) in [5.74, 6) is -0.320. The van der Waals surface area contributed by atoms with E-state index in [4.69, 9.17) is 0 Å². The van der Waals surface area contributed by atoms with Gasteiger partial charge in [-0.1, -0.05) is 18.2 Å². The Bertz CT molecular complexity index is 697. The van der Waals surface area contributed by atoms with Crippen molar-refractivity contribution < 1.29 is 17.6 Å². The molecule has 0 spiro atoms. The maximum Gasteiger partial charge on any atom is 0.233 e. The van der Waals surface area contributed by atoms with Crippen LogP contribution in [-0.4, -0.2) is 43.3 Å². The minimum atomic E-state index is -3.05. The maximum atomic E-state index is 14.1. The first-order valence-corrected chi connectivity index (χ1v) is 9.48. The SMILES string of the molecule is CCN(C(=O)C1(c2ccccc2F)CC1)C1CCS(=O)(=O)C1. The van der Waals surface area contributed by atoms with Crippen LogP contribution in [0, 0.1) is 5.82 Å². The Kier molecular flexibility index (Phi) is 3.75. The van der Waals surface area contributed by atoms with Gasteiger partial charge < -0.3 is 4.90 Å². The van der Waals surface area contributed by atoms with E-state index in [0.717, 1.165) is 0 Å². The number of carbonyl (C=O) groups excluding carboxylic acids is 1. The molecule has 22 heavy (non-hydrogen) atoms. The van der Waals surface area contributed by atoms with Gasteiger partial charge in [0, 0.05) is 18.2 Å². The van der Waals surface area contributed by atoms with E-state index in [9.17, 15) is 17.6 Å². The van der Waals surface area contributed by atoms with E-state index in [-0.39, 0.29) is 29.3 Å². The summed E-state index contributed by atoms with van der Waals surface area (Å²) in [5.41, 5.74) is -0.340. The van der Waals surface area contributed by atoms with Crippen LogP contribution in [0.4, 0.5) is 4.39 Å². The Hall–Kier alpha value is -1.43. The molecule has 0 N–H and O–H groups in total. The number of rotatable bonds is 4. The summed E-state index contributed by atoms with van der Waals surface area (Å²) in [4.78, 5) is 14.6. The predicted octanol–water partition coefficient (Wildman–Crippen LogP) is 1.89. The van der Waals surface area contributed by atoms with Gasteiger partial charge in [-0.05, 0) is 32.3 Å². The van der Waals surface area contributed by atoms with Gasteiger partial charge in [0.1, 0.15) is 5.82 Å². The number of sulfone groups is 1. The molecule has 0 aromatic heterocycles. The second kappa shape index (κ2) is 5.33. The topological polar surface area (TPSA) is 54.5 Å². The average molecular weight is 325 g/mol. The molecule has 6 heteroatoms. The van der Waals surface area contributed by atoms with Crippen LogP contribution < -0.4 is 0 Å². The van der Waals surface area contributed by atoms with Crippen LogP contribution in [0.2, 0.25) is 0 Å². The zero-order valence-electron chi connectivity index (χ0n) is 12.6. The molecule has 4 nitrogen and oxygen atoms in total. The van der Waals surface area contributed by atoms with E-state index in [1.807, 2.05) is 6.92 Å². The summed E-state index contributed by atoms with van der Waals surface area (Å²) in [7, 11) is -3.05. The zero-order chi connectivity index (χ0) is 16.0. The van der Waals surface area contributed by atoms with E-state index in [1.54, 1.807) is 23.1 Å². The van der Waals surface area contributed by atoms with Crippen LogP contribution in [-0.2, 0) is 20.0 Å². The van der Waals surface area contributed by atoms with Crippen LogP contribution in [0.1, 0.15) is 31.7 Å². The number of hydrogen-bond donors (Lipinski definition) is 0. The quantitative estimate of drug-likeness (QED) is 0.849. The largest absolute Gasteiger partial charge is 0.338 e. The molecule has 2 aliphatic rings. The Morgan fingerprint density at radius 3 is 2.55 bits per heavy atom. The number of hydrogen-bond acceptors (Lipinski definition) is 3. The van der Waals surface area contributed by atoms with E-state index >= 15 is 0 Å². The van der Waals surface area contributed by atoms with Gasteiger partial charge in [-0.25, -0.2) is 12.8 Å². The molecule has 0 bridgehead atoms. The highest BCUT2D eigenvalue weighted by molar-refractivity contribution is 7.91. The van der Waals surface area contributed by atoms with Crippen molar-refractivity contribution in [2.24, 2.45) is 0 Å². The van der Waals surface area contributed by atoms with Crippen LogP contribution in [0.25, 0.3) is 0 Å². The molecule has 1 saturated heterocycles. The van der Waals surface area contributed by atoms with Crippen LogP contribution >= 0.6 is 0 Å². The molecule has 0 radical (unpaired) electrons. The smallest absolute Gasteiger partial charge is 0.233 e. The number of carbonyl (C=O) groups is 1. The fourth-order valence-corrected chi connectivity index (χ4v) is 5.17. The summed E-state index contributed by atoms with van der Waals surface area (Å²) >= 11 is 0. The van der Waals surface area contributed by atoms with Gasteiger partial charge in [-0.3, -0.25) is 4.79 Å². The first-order chi connectivity index (χ1) is 10.4. The number of nitrogens with zero attached hydrogens (tertiary/aromatic N) is 1. The van der Waals surface area contributed by atoms with Gasteiger partial charge in [0.05, 0.1) is 16.9 Å². The van der Waals surface area contributed by atoms with Gasteiger partial charge in [-0.15, -0.1) is 0 Å². The van der Waals surface area contributed by atoms with Crippen molar-refractivity contribution in [2.75, 3.05) is 18.1 Å². The summed E-state index contributed by atoms with van der Waals surface area (Å²) < 4.78 is 37.4. The molecule has 1 atom stereocenters. The number of halogens is 1. The average Bonchev–Trinajstić information content (AvgIpc) is 3.20. The van der Waals surface area contributed by atoms with Gasteiger partial charge in [0.25, 0.3) is 0 Å². The lowest BCUT2D eigenvalue weighted by atomic mass is 9.93. The lowest BCUT2D eigenvalue weighted by molar-refractivity contribution is -0.135. The van der Waals surface area contributed by atoms with E-state index in [0.29, 0.717) is 31.4 Å². The normalized spacial score (nSPS) is 24.9. The van der Waals surface area contributed by atoms with Gasteiger partial charge >= 0.3 is 0 Å². The Balaban J connectivity index is 1.88. The molecule has 1 saturated carbocycles. The molecule has 3 rings (SSSR count). The van der Waals surface area contributed by atoms with E-state index in [1.165, 1.54) is 6.07 Å². The molecule has 1 heterocycles. The van der Waals surface area contributed by atoms with Crippen molar-refractivity contribution in [1.82, 2.24) is 4.90 Å². The van der Waals surface area contributed by atoms with Crippen molar-refractivity contribution in [3.63, 3.8) is 0 Å². The lowest BCUT2D eigenvalue weighted by Gasteiger charge is -2.31. The summed E-state index contributed by atoms with van der Waals surface area (Å²) in [6.07, 6.45) is 1.74. The third-order valence-electron chi connectivity index (χ3n) is 4.80. The van der Waals surface area contributed by atoms with E-state index in [2.05, 4.69) is 0 Å². The van der Waals surface area contributed by atoms with E-state index < -0.39 is 15.3 Å². The summed E-state index contributed by atoms with van der Waals surface area (Å²) in [6, 6.07) is 6.12. The fraction of sp³-hybridized carbons (Fsp3) is 0.562. The third-order valence-corrected chi connectivity index (χ3v) is 6.55. The van der Waals surface area contributed by atoms with Crippen molar-refractivity contribution in [2.45, 2.75) is 37.6 Å². The molecule has 2 fully saturated rings. The second-order valence-corrected chi connectivity index (χ2v) is 8.44.